The van der Waals surface area contributed by atoms with E-state index < -0.39 is 11.8 Å². The summed E-state index contributed by atoms with van der Waals surface area (Å²) < 4.78 is 16.9. The van der Waals surface area contributed by atoms with Crippen LogP contribution in [-0.4, -0.2) is 79.7 Å². The Bertz CT molecular complexity index is 1130. The maximum Gasteiger partial charge on any atom is 0.256 e. The van der Waals surface area contributed by atoms with Gasteiger partial charge in [0, 0.05) is 43.6 Å². The monoisotopic (exact) mass is 509 g/mol. The Morgan fingerprint density at radius 3 is 2.27 bits per heavy atom. The van der Waals surface area contributed by atoms with Crippen LogP contribution in [-0.2, 0) is 9.53 Å². The molecule has 1 spiro atoms. The number of hydrogen-bond donors (Lipinski definition) is 1. The van der Waals surface area contributed by atoms with Gasteiger partial charge in [-0.25, -0.2) is 0 Å². The highest BCUT2D eigenvalue weighted by Gasteiger charge is 2.54. The number of nitrogens with one attached hydrogen (secondary N) is 1. The van der Waals surface area contributed by atoms with Crippen LogP contribution in [0, 0.1) is 5.92 Å². The molecule has 198 valence electrons. The predicted molar refractivity (Wildman–Crippen MR) is 138 cm³/mol. The van der Waals surface area contributed by atoms with E-state index in [1.165, 1.54) is 7.11 Å². The third-order valence-electron chi connectivity index (χ3n) is 6.95. The van der Waals surface area contributed by atoms with Crippen molar-refractivity contribution in [1.82, 2.24) is 15.1 Å². The molecule has 3 amide bonds. The van der Waals surface area contributed by atoms with E-state index in [4.69, 9.17) is 14.2 Å². The Morgan fingerprint density at radius 1 is 0.973 bits per heavy atom. The highest BCUT2D eigenvalue weighted by Crippen LogP contribution is 2.39. The van der Waals surface area contributed by atoms with Crippen LogP contribution in [0.15, 0.2) is 48.5 Å². The van der Waals surface area contributed by atoms with Crippen molar-refractivity contribution >= 4 is 17.7 Å². The third kappa shape index (κ3) is 5.41. The fraction of sp³-hybridized carbons (Fsp3) is 0.464. The maximum absolute atomic E-state index is 13.7. The van der Waals surface area contributed by atoms with Gasteiger partial charge in [-0.15, -0.1) is 0 Å². The summed E-state index contributed by atoms with van der Waals surface area (Å²) >= 11 is 0. The average molecular weight is 510 g/mol. The molecule has 2 aliphatic heterocycles. The van der Waals surface area contributed by atoms with Gasteiger partial charge in [0.15, 0.2) is 11.5 Å². The fourth-order valence-corrected chi connectivity index (χ4v) is 4.92. The van der Waals surface area contributed by atoms with Crippen LogP contribution in [0.3, 0.4) is 0 Å². The second-order valence-corrected chi connectivity index (χ2v) is 9.82. The minimum Gasteiger partial charge on any atom is -0.493 e. The summed E-state index contributed by atoms with van der Waals surface area (Å²) in [5.41, 5.74) is 0.0307. The molecular weight excluding hydrogens is 474 g/mol. The van der Waals surface area contributed by atoms with Crippen molar-refractivity contribution in [1.29, 1.82) is 0 Å². The number of amides is 3. The standard InChI is InChI=1S/C28H35N3O6/c1-19(2)17-29-25(32)22-18-37-28(31(22)27(34)20-8-6-5-7-9-20)12-14-30(15-13-28)26(33)21-10-11-23(35-3)24(16-21)36-4/h5-11,16,19,22H,12-15,17-18H2,1-4H3,(H,29,32)/t22-/m0/s1. The molecule has 2 aliphatic rings. The lowest BCUT2D eigenvalue weighted by Gasteiger charge is -2.44. The summed E-state index contributed by atoms with van der Waals surface area (Å²) in [6.45, 7) is 5.43. The Balaban J connectivity index is 1.54. The van der Waals surface area contributed by atoms with Gasteiger partial charge in [-0.05, 0) is 36.2 Å². The molecule has 1 atom stereocenters. The van der Waals surface area contributed by atoms with E-state index in [2.05, 4.69) is 5.32 Å². The molecule has 0 saturated carbocycles. The van der Waals surface area contributed by atoms with Crippen LogP contribution in [0.1, 0.15) is 47.4 Å². The highest BCUT2D eigenvalue weighted by molar-refractivity contribution is 5.98. The molecule has 1 N–H and O–H groups in total. The first-order chi connectivity index (χ1) is 17.8. The van der Waals surface area contributed by atoms with E-state index in [9.17, 15) is 14.4 Å². The molecule has 0 aliphatic carbocycles. The first-order valence-electron chi connectivity index (χ1n) is 12.6. The molecule has 2 saturated heterocycles. The van der Waals surface area contributed by atoms with E-state index in [0.29, 0.717) is 55.1 Å². The second kappa shape index (κ2) is 11.2. The van der Waals surface area contributed by atoms with Gasteiger partial charge in [-0.1, -0.05) is 32.0 Å². The summed E-state index contributed by atoms with van der Waals surface area (Å²) in [4.78, 5) is 43.4. The Labute approximate surface area is 217 Å². The number of benzene rings is 2. The Kier molecular flexibility index (Phi) is 8.02. The fourth-order valence-electron chi connectivity index (χ4n) is 4.92. The summed E-state index contributed by atoms with van der Waals surface area (Å²) in [5, 5.41) is 2.95. The van der Waals surface area contributed by atoms with Crippen LogP contribution in [0.2, 0.25) is 0 Å². The molecule has 0 radical (unpaired) electrons. The van der Waals surface area contributed by atoms with Crippen molar-refractivity contribution in [3.8, 4) is 11.5 Å². The normalized spacial score (nSPS) is 18.7. The summed E-state index contributed by atoms with van der Waals surface area (Å²) in [7, 11) is 3.07. The molecule has 0 aromatic heterocycles. The van der Waals surface area contributed by atoms with Crippen LogP contribution in [0.25, 0.3) is 0 Å². The SMILES string of the molecule is COc1ccc(C(=O)N2CCC3(CC2)OC[C@@H](C(=O)NCC(C)C)N3C(=O)c2ccccc2)cc1OC. The Morgan fingerprint density at radius 2 is 1.65 bits per heavy atom. The van der Waals surface area contributed by atoms with Gasteiger partial charge in [-0.2, -0.15) is 0 Å². The topological polar surface area (TPSA) is 97.4 Å². The van der Waals surface area contributed by atoms with Gasteiger partial charge in [0.25, 0.3) is 11.8 Å². The molecule has 0 unspecified atom stereocenters. The first kappa shape index (κ1) is 26.5. The zero-order valence-electron chi connectivity index (χ0n) is 21.9. The maximum atomic E-state index is 13.7. The van der Waals surface area contributed by atoms with E-state index in [0.717, 1.165) is 0 Å². The molecule has 0 bridgehead atoms. The number of likely N-dealkylation sites (tertiary alicyclic amines) is 1. The van der Waals surface area contributed by atoms with Crippen LogP contribution >= 0.6 is 0 Å². The van der Waals surface area contributed by atoms with Crippen molar-refractivity contribution in [2.24, 2.45) is 5.92 Å². The summed E-state index contributed by atoms with van der Waals surface area (Å²) in [5.74, 6) is 0.704. The third-order valence-corrected chi connectivity index (χ3v) is 6.95. The smallest absolute Gasteiger partial charge is 0.256 e. The molecule has 2 fully saturated rings. The van der Waals surface area contributed by atoms with E-state index in [1.807, 2.05) is 19.9 Å². The van der Waals surface area contributed by atoms with Gasteiger partial charge < -0.3 is 24.4 Å². The first-order valence-corrected chi connectivity index (χ1v) is 12.6. The van der Waals surface area contributed by atoms with E-state index in [1.54, 1.807) is 59.4 Å². The van der Waals surface area contributed by atoms with Gasteiger partial charge in [0.2, 0.25) is 5.91 Å². The zero-order valence-corrected chi connectivity index (χ0v) is 21.9. The zero-order chi connectivity index (χ0) is 26.6. The minimum atomic E-state index is -0.957. The van der Waals surface area contributed by atoms with Gasteiger partial charge >= 0.3 is 0 Å². The number of hydrogen-bond acceptors (Lipinski definition) is 6. The van der Waals surface area contributed by atoms with E-state index in [-0.39, 0.29) is 30.2 Å². The number of piperidine rings is 1. The lowest BCUT2D eigenvalue weighted by atomic mass is 9.96. The number of carbonyl (C=O) groups excluding carboxylic acids is 3. The number of nitrogens with zero attached hydrogens (tertiary/aromatic N) is 2. The molecular formula is C28H35N3O6. The largest absolute Gasteiger partial charge is 0.493 e. The highest BCUT2D eigenvalue weighted by atomic mass is 16.5. The predicted octanol–water partition coefficient (Wildman–Crippen LogP) is 2.95. The van der Waals surface area contributed by atoms with Crippen LogP contribution in [0.5, 0.6) is 11.5 Å². The van der Waals surface area contributed by atoms with Gasteiger partial charge in [-0.3, -0.25) is 19.3 Å². The summed E-state index contributed by atoms with van der Waals surface area (Å²) in [6, 6.07) is 13.3. The lowest BCUT2D eigenvalue weighted by Crippen LogP contribution is -2.60. The number of rotatable bonds is 7. The molecule has 2 aromatic carbocycles. The molecule has 4 rings (SSSR count). The molecule has 9 heteroatoms. The second-order valence-electron chi connectivity index (χ2n) is 9.82. The molecule has 37 heavy (non-hydrogen) atoms. The molecule has 2 aromatic rings. The van der Waals surface area contributed by atoms with Crippen molar-refractivity contribution in [3.05, 3.63) is 59.7 Å². The number of ether oxygens (including phenoxy) is 3. The number of methoxy groups -OCH3 is 2. The lowest BCUT2D eigenvalue weighted by molar-refractivity contribution is -0.128. The quantitative estimate of drug-likeness (QED) is 0.617. The van der Waals surface area contributed by atoms with Crippen molar-refractivity contribution in [2.45, 2.75) is 38.5 Å². The van der Waals surface area contributed by atoms with Crippen molar-refractivity contribution in [2.75, 3.05) is 40.5 Å². The number of carbonyl (C=O) groups is 3. The van der Waals surface area contributed by atoms with Gasteiger partial charge in [0.05, 0.1) is 20.8 Å². The average Bonchev–Trinajstić information content (AvgIpc) is 3.29. The molecule has 2 heterocycles. The van der Waals surface area contributed by atoms with Crippen LogP contribution < -0.4 is 14.8 Å². The molecule has 9 nitrogen and oxygen atoms in total. The van der Waals surface area contributed by atoms with Crippen molar-refractivity contribution < 1.29 is 28.6 Å². The van der Waals surface area contributed by atoms with Gasteiger partial charge in [0.1, 0.15) is 11.8 Å². The summed E-state index contributed by atoms with van der Waals surface area (Å²) in [6.07, 6.45) is 0.803. The Hall–Kier alpha value is -3.59. The minimum absolute atomic E-state index is 0.117. The van der Waals surface area contributed by atoms with Crippen LogP contribution in [0.4, 0.5) is 0 Å². The van der Waals surface area contributed by atoms with E-state index >= 15 is 0 Å². The van der Waals surface area contributed by atoms with Crippen molar-refractivity contribution in [3.63, 3.8) is 0 Å².